The van der Waals surface area contributed by atoms with Crippen LogP contribution in [0.15, 0.2) is 12.3 Å². The number of thiophene rings is 1. The van der Waals surface area contributed by atoms with Crippen molar-refractivity contribution in [2.45, 2.75) is 26.8 Å². The van der Waals surface area contributed by atoms with E-state index in [0.717, 1.165) is 17.0 Å². The molecule has 0 spiro atoms. The summed E-state index contributed by atoms with van der Waals surface area (Å²) in [5.74, 6) is -1.21. The summed E-state index contributed by atoms with van der Waals surface area (Å²) in [6.45, 7) is 4.36. The predicted molar refractivity (Wildman–Crippen MR) is 87.6 cm³/mol. The van der Waals surface area contributed by atoms with Gasteiger partial charge in [0.15, 0.2) is 0 Å². The minimum Gasteiger partial charge on any atom is -0.477 e. The van der Waals surface area contributed by atoms with Crippen LogP contribution in [0, 0.1) is 6.92 Å². The quantitative estimate of drug-likeness (QED) is 0.746. The van der Waals surface area contributed by atoms with E-state index < -0.39 is 18.1 Å². The van der Waals surface area contributed by atoms with Crippen molar-refractivity contribution < 1.29 is 18.7 Å². The van der Waals surface area contributed by atoms with E-state index in [-0.39, 0.29) is 15.4 Å². The van der Waals surface area contributed by atoms with Crippen molar-refractivity contribution in [1.29, 1.82) is 0 Å². The van der Waals surface area contributed by atoms with Gasteiger partial charge < -0.3 is 10.8 Å². The molecule has 0 aliphatic rings. The molecule has 3 heterocycles. The zero-order chi connectivity index (χ0) is 17.6. The van der Waals surface area contributed by atoms with Crippen LogP contribution < -0.4 is 5.73 Å². The molecular weight excluding hydrogens is 338 g/mol. The number of carboxylic acids is 1. The van der Waals surface area contributed by atoms with Crippen molar-refractivity contribution >= 4 is 33.2 Å². The number of halogens is 2. The fraction of sp³-hybridized carbons (Fsp3) is 0.267. The van der Waals surface area contributed by atoms with E-state index in [4.69, 9.17) is 5.73 Å². The Balaban J connectivity index is 2.39. The Morgan fingerprint density at radius 1 is 1.46 bits per heavy atom. The molecule has 0 radical (unpaired) electrons. The van der Waals surface area contributed by atoms with Gasteiger partial charge in [-0.2, -0.15) is 5.10 Å². The molecule has 0 aliphatic carbocycles. The van der Waals surface area contributed by atoms with Crippen LogP contribution in [-0.2, 0) is 6.54 Å². The van der Waals surface area contributed by atoms with Crippen LogP contribution in [0.4, 0.5) is 14.5 Å². The number of nitrogens with two attached hydrogens (primary N) is 1. The number of hydrogen-bond donors (Lipinski definition) is 2. The van der Waals surface area contributed by atoms with Gasteiger partial charge in [-0.1, -0.05) is 0 Å². The third-order valence-electron chi connectivity index (χ3n) is 3.83. The molecular formula is C15H14F2N4O2S. The predicted octanol–water partition coefficient (Wildman–Crippen LogP) is 3.71. The van der Waals surface area contributed by atoms with Crippen molar-refractivity contribution in [2.75, 3.05) is 5.73 Å². The number of pyridine rings is 1. The number of anilines is 1. The monoisotopic (exact) mass is 352 g/mol. The molecule has 3 aromatic rings. The van der Waals surface area contributed by atoms with Gasteiger partial charge in [-0.25, -0.2) is 18.6 Å². The number of fused-ring (bicyclic) bond motifs is 1. The van der Waals surface area contributed by atoms with Crippen LogP contribution in [0.2, 0.25) is 0 Å². The number of carboxylic acid groups (broad SMARTS) is 1. The molecule has 126 valence electrons. The number of nitrogens with zero attached hydrogens (tertiary/aromatic N) is 3. The van der Waals surface area contributed by atoms with Gasteiger partial charge in [0.05, 0.1) is 11.9 Å². The van der Waals surface area contributed by atoms with Gasteiger partial charge in [-0.05, 0) is 25.5 Å². The number of nitrogen functional groups attached to an aromatic ring is 1. The highest BCUT2D eigenvalue weighted by atomic mass is 32.1. The molecule has 0 fully saturated rings. The van der Waals surface area contributed by atoms with E-state index in [1.165, 1.54) is 6.07 Å². The average molecular weight is 352 g/mol. The second-order valence-electron chi connectivity index (χ2n) is 5.18. The summed E-state index contributed by atoms with van der Waals surface area (Å²) in [5.41, 5.74) is 7.43. The molecule has 3 rings (SSSR count). The lowest BCUT2D eigenvalue weighted by molar-refractivity contribution is 0.0703. The fourth-order valence-corrected chi connectivity index (χ4v) is 3.62. The third kappa shape index (κ3) is 2.41. The van der Waals surface area contributed by atoms with E-state index in [9.17, 15) is 18.7 Å². The number of aryl methyl sites for hydroxylation is 1. The molecule has 0 saturated heterocycles. The Bertz CT molecular complexity index is 949. The van der Waals surface area contributed by atoms with E-state index in [2.05, 4.69) is 10.1 Å². The van der Waals surface area contributed by atoms with Gasteiger partial charge in [0.25, 0.3) is 6.43 Å². The van der Waals surface area contributed by atoms with Crippen molar-refractivity contribution in [3.05, 3.63) is 28.5 Å². The smallest absolute Gasteiger partial charge is 0.348 e. The van der Waals surface area contributed by atoms with Crippen molar-refractivity contribution in [2.24, 2.45) is 0 Å². The number of hydrogen-bond acceptors (Lipinski definition) is 5. The Morgan fingerprint density at radius 2 is 2.17 bits per heavy atom. The lowest BCUT2D eigenvalue weighted by Gasteiger charge is -2.08. The molecule has 0 amide bonds. The highest BCUT2D eigenvalue weighted by molar-refractivity contribution is 7.21. The van der Waals surface area contributed by atoms with Crippen LogP contribution in [0.5, 0.6) is 0 Å². The molecule has 0 aliphatic heterocycles. The number of aromatic carboxylic acids is 1. The Kier molecular flexibility index (Phi) is 3.96. The van der Waals surface area contributed by atoms with E-state index >= 15 is 0 Å². The summed E-state index contributed by atoms with van der Waals surface area (Å²) in [6, 6.07) is 1.26. The minimum atomic E-state index is -2.77. The Hall–Kier alpha value is -2.55. The normalized spacial score (nSPS) is 11.5. The van der Waals surface area contributed by atoms with Crippen LogP contribution in [-0.4, -0.2) is 25.8 Å². The Labute approximate surface area is 139 Å². The second-order valence-corrected chi connectivity index (χ2v) is 6.18. The van der Waals surface area contributed by atoms with Crippen molar-refractivity contribution in [1.82, 2.24) is 14.8 Å². The Morgan fingerprint density at radius 3 is 2.71 bits per heavy atom. The summed E-state index contributed by atoms with van der Waals surface area (Å²) >= 11 is 0.795. The summed E-state index contributed by atoms with van der Waals surface area (Å²) in [4.78, 5) is 15.3. The molecule has 3 aromatic heterocycles. The van der Waals surface area contributed by atoms with Crippen LogP contribution in [0.1, 0.15) is 34.4 Å². The number of aromatic nitrogens is 3. The van der Waals surface area contributed by atoms with Gasteiger partial charge in [0.1, 0.15) is 15.4 Å². The molecule has 0 atom stereocenters. The first-order valence-electron chi connectivity index (χ1n) is 7.12. The van der Waals surface area contributed by atoms with Gasteiger partial charge in [0, 0.05) is 23.2 Å². The second kappa shape index (κ2) is 5.82. The van der Waals surface area contributed by atoms with Gasteiger partial charge in [-0.15, -0.1) is 11.3 Å². The van der Waals surface area contributed by atoms with E-state index in [0.29, 0.717) is 23.1 Å². The first-order chi connectivity index (χ1) is 11.3. The maximum absolute atomic E-state index is 13.2. The summed E-state index contributed by atoms with van der Waals surface area (Å²) in [7, 11) is 0. The van der Waals surface area contributed by atoms with Crippen LogP contribution in [0.3, 0.4) is 0 Å². The molecule has 24 heavy (non-hydrogen) atoms. The average Bonchev–Trinajstić information content (AvgIpc) is 3.07. The maximum atomic E-state index is 13.2. The largest absolute Gasteiger partial charge is 0.477 e. The molecule has 0 saturated carbocycles. The third-order valence-corrected chi connectivity index (χ3v) is 4.92. The molecule has 0 aromatic carbocycles. The van der Waals surface area contributed by atoms with E-state index in [1.54, 1.807) is 10.9 Å². The number of carbonyl (C=O) groups is 1. The lowest BCUT2D eigenvalue weighted by Crippen LogP contribution is -2.00. The van der Waals surface area contributed by atoms with Gasteiger partial charge >= 0.3 is 5.97 Å². The van der Waals surface area contributed by atoms with Gasteiger partial charge in [-0.3, -0.25) is 4.68 Å². The molecule has 0 unspecified atom stereocenters. The topological polar surface area (TPSA) is 94.0 Å². The zero-order valence-electron chi connectivity index (χ0n) is 12.9. The maximum Gasteiger partial charge on any atom is 0.348 e. The summed E-state index contributed by atoms with van der Waals surface area (Å²) < 4.78 is 28.1. The number of alkyl halides is 2. The molecule has 0 bridgehead atoms. The SMILES string of the molecule is CCn1ncc(-c2cc(C(F)F)nc3sc(C(=O)O)c(N)c23)c1C. The minimum absolute atomic E-state index is 0.0365. The molecule has 3 N–H and O–H groups in total. The van der Waals surface area contributed by atoms with E-state index in [1.807, 2.05) is 13.8 Å². The molecule has 9 heteroatoms. The highest BCUT2D eigenvalue weighted by Gasteiger charge is 2.24. The first kappa shape index (κ1) is 16.3. The summed E-state index contributed by atoms with van der Waals surface area (Å²) in [5, 5.41) is 13.8. The summed E-state index contributed by atoms with van der Waals surface area (Å²) in [6.07, 6.45) is -1.20. The lowest BCUT2D eigenvalue weighted by atomic mass is 10.0. The van der Waals surface area contributed by atoms with Crippen molar-refractivity contribution in [3.8, 4) is 11.1 Å². The van der Waals surface area contributed by atoms with Crippen molar-refractivity contribution in [3.63, 3.8) is 0 Å². The van der Waals surface area contributed by atoms with Crippen LogP contribution >= 0.6 is 11.3 Å². The van der Waals surface area contributed by atoms with Crippen LogP contribution in [0.25, 0.3) is 21.3 Å². The fourth-order valence-electron chi connectivity index (χ4n) is 2.65. The molecule has 6 nitrogen and oxygen atoms in total. The standard InChI is InChI=1S/C15H14F2N4O2S/c1-3-21-6(2)8(5-19-21)7-4-9(13(16)17)20-14-10(7)11(18)12(24-14)15(22)23/h4-5,13H,3,18H2,1-2H3,(H,22,23). The first-order valence-corrected chi connectivity index (χ1v) is 7.93. The van der Waals surface area contributed by atoms with Gasteiger partial charge in [0.2, 0.25) is 0 Å². The highest BCUT2D eigenvalue weighted by Crippen LogP contribution is 2.41. The zero-order valence-corrected chi connectivity index (χ0v) is 13.7. The number of rotatable bonds is 4.